The Hall–Kier alpha value is -2.02. The molecular formula is C14H13Cl2NO5. The molecule has 22 heavy (non-hydrogen) atoms. The standard InChI is InChI=1S/C12H11Cl2NO.C2H2O4/c13-10-4-3-9(12(14)6-10)7-15-8-11-2-1-5-16-11;3-1(4)2(5)6/h1-6,15H,7-8H2;(H,3,4)(H,5,6). The molecule has 3 N–H and O–H groups in total. The smallest absolute Gasteiger partial charge is 0.414 e. The molecule has 6 nitrogen and oxygen atoms in total. The van der Waals surface area contributed by atoms with Gasteiger partial charge in [0.1, 0.15) is 5.76 Å². The SMILES string of the molecule is Clc1ccc(CNCc2ccco2)c(Cl)c1.O=C(O)C(=O)O. The van der Waals surface area contributed by atoms with Crippen molar-refractivity contribution < 1.29 is 24.2 Å². The molecule has 0 atom stereocenters. The third-order valence-electron chi connectivity index (χ3n) is 2.39. The Bertz CT molecular complexity index is 616. The molecule has 0 fully saturated rings. The van der Waals surface area contributed by atoms with Crippen molar-refractivity contribution in [1.82, 2.24) is 5.32 Å². The summed E-state index contributed by atoms with van der Waals surface area (Å²) in [6.07, 6.45) is 1.66. The van der Waals surface area contributed by atoms with E-state index in [0.717, 1.165) is 11.3 Å². The predicted octanol–water partition coefficient (Wildman–Crippen LogP) is 3.03. The quantitative estimate of drug-likeness (QED) is 0.736. The van der Waals surface area contributed by atoms with Crippen LogP contribution in [0, 0.1) is 0 Å². The summed E-state index contributed by atoms with van der Waals surface area (Å²) in [5.74, 6) is -2.74. The van der Waals surface area contributed by atoms with Gasteiger partial charge in [-0.3, -0.25) is 0 Å². The Labute approximate surface area is 136 Å². The summed E-state index contributed by atoms with van der Waals surface area (Å²) in [5, 5.41) is 19.4. The lowest BCUT2D eigenvalue weighted by atomic mass is 10.2. The van der Waals surface area contributed by atoms with Crippen LogP contribution in [-0.4, -0.2) is 22.2 Å². The van der Waals surface area contributed by atoms with Crippen LogP contribution in [0.2, 0.25) is 10.0 Å². The van der Waals surface area contributed by atoms with Crippen LogP contribution < -0.4 is 5.32 Å². The lowest BCUT2D eigenvalue weighted by Gasteiger charge is -2.05. The van der Waals surface area contributed by atoms with Crippen molar-refractivity contribution in [3.63, 3.8) is 0 Å². The zero-order chi connectivity index (χ0) is 16.5. The number of halogens is 2. The number of carboxylic acid groups (broad SMARTS) is 2. The van der Waals surface area contributed by atoms with Crippen LogP contribution in [0.4, 0.5) is 0 Å². The van der Waals surface area contributed by atoms with E-state index in [2.05, 4.69) is 5.32 Å². The number of aliphatic carboxylic acids is 2. The molecule has 0 unspecified atom stereocenters. The van der Waals surface area contributed by atoms with Gasteiger partial charge in [0.15, 0.2) is 0 Å². The maximum Gasteiger partial charge on any atom is 0.414 e. The number of carbonyl (C=O) groups is 2. The molecule has 8 heteroatoms. The summed E-state index contributed by atoms with van der Waals surface area (Å²) < 4.78 is 5.20. The molecule has 118 valence electrons. The molecule has 2 aromatic rings. The molecule has 0 bridgehead atoms. The minimum atomic E-state index is -1.82. The van der Waals surface area contributed by atoms with Crippen molar-refractivity contribution in [2.45, 2.75) is 13.1 Å². The predicted molar refractivity (Wildman–Crippen MR) is 81.0 cm³/mol. The first-order valence-electron chi connectivity index (χ1n) is 6.03. The molecule has 0 saturated carbocycles. The van der Waals surface area contributed by atoms with Gasteiger partial charge in [0.25, 0.3) is 0 Å². The fourth-order valence-electron chi connectivity index (χ4n) is 1.40. The highest BCUT2D eigenvalue weighted by Crippen LogP contribution is 2.20. The van der Waals surface area contributed by atoms with Gasteiger partial charge in [0.05, 0.1) is 12.8 Å². The van der Waals surface area contributed by atoms with Crippen molar-refractivity contribution in [3.05, 3.63) is 58.0 Å². The first-order valence-corrected chi connectivity index (χ1v) is 6.79. The average molecular weight is 346 g/mol. The first kappa shape index (κ1) is 18.0. The Morgan fingerprint density at radius 3 is 2.27 bits per heavy atom. The highest BCUT2D eigenvalue weighted by molar-refractivity contribution is 6.35. The molecule has 1 aromatic carbocycles. The van der Waals surface area contributed by atoms with E-state index >= 15 is 0 Å². The molecule has 0 saturated heterocycles. The number of hydrogen-bond acceptors (Lipinski definition) is 4. The van der Waals surface area contributed by atoms with Crippen LogP contribution in [0.3, 0.4) is 0 Å². The number of rotatable bonds is 4. The van der Waals surface area contributed by atoms with E-state index in [1.54, 1.807) is 12.3 Å². The Morgan fingerprint density at radius 2 is 1.77 bits per heavy atom. The third kappa shape index (κ3) is 6.62. The normalized spacial score (nSPS) is 9.73. The monoisotopic (exact) mass is 345 g/mol. The fourth-order valence-corrected chi connectivity index (χ4v) is 1.87. The third-order valence-corrected chi connectivity index (χ3v) is 2.98. The number of carboxylic acids is 2. The maximum absolute atomic E-state index is 9.10. The maximum atomic E-state index is 9.10. The van der Waals surface area contributed by atoms with Crippen molar-refractivity contribution in [1.29, 1.82) is 0 Å². The molecule has 1 aromatic heterocycles. The van der Waals surface area contributed by atoms with Gasteiger partial charge in [-0.25, -0.2) is 9.59 Å². The summed E-state index contributed by atoms with van der Waals surface area (Å²) in [4.78, 5) is 18.2. The average Bonchev–Trinajstić information content (AvgIpc) is 2.95. The van der Waals surface area contributed by atoms with Crippen LogP contribution in [-0.2, 0) is 22.7 Å². The number of furan rings is 1. The molecule has 1 heterocycles. The van der Waals surface area contributed by atoms with E-state index in [-0.39, 0.29) is 0 Å². The Balaban J connectivity index is 0.000000346. The van der Waals surface area contributed by atoms with Crippen molar-refractivity contribution in [2.24, 2.45) is 0 Å². The Morgan fingerprint density at radius 1 is 1.09 bits per heavy atom. The van der Waals surface area contributed by atoms with E-state index in [4.69, 9.17) is 47.4 Å². The lowest BCUT2D eigenvalue weighted by molar-refractivity contribution is -0.159. The van der Waals surface area contributed by atoms with Crippen LogP contribution in [0.1, 0.15) is 11.3 Å². The minimum Gasteiger partial charge on any atom is -0.473 e. The Kier molecular flexibility index (Phi) is 7.45. The van der Waals surface area contributed by atoms with Crippen molar-refractivity contribution >= 4 is 35.1 Å². The van der Waals surface area contributed by atoms with Crippen molar-refractivity contribution in [2.75, 3.05) is 0 Å². The molecule has 0 aliphatic carbocycles. The largest absolute Gasteiger partial charge is 0.473 e. The molecule has 0 amide bonds. The highest BCUT2D eigenvalue weighted by atomic mass is 35.5. The van der Waals surface area contributed by atoms with E-state index in [0.29, 0.717) is 23.1 Å². The second kappa shape index (κ2) is 9.09. The number of nitrogens with one attached hydrogen (secondary N) is 1. The van der Waals surface area contributed by atoms with E-state index in [9.17, 15) is 0 Å². The lowest BCUT2D eigenvalue weighted by Crippen LogP contribution is -2.12. The van der Waals surface area contributed by atoms with Gasteiger partial charge in [-0.05, 0) is 29.8 Å². The van der Waals surface area contributed by atoms with Crippen LogP contribution in [0.15, 0.2) is 41.0 Å². The van der Waals surface area contributed by atoms with Crippen LogP contribution in [0.25, 0.3) is 0 Å². The fraction of sp³-hybridized carbons (Fsp3) is 0.143. The van der Waals surface area contributed by atoms with Gasteiger partial charge in [-0.2, -0.15) is 0 Å². The highest BCUT2D eigenvalue weighted by Gasteiger charge is 2.04. The van der Waals surface area contributed by atoms with Gasteiger partial charge in [0.2, 0.25) is 0 Å². The topological polar surface area (TPSA) is 99.8 Å². The van der Waals surface area contributed by atoms with Gasteiger partial charge < -0.3 is 19.9 Å². The minimum absolute atomic E-state index is 0.653. The summed E-state index contributed by atoms with van der Waals surface area (Å²) in [5.41, 5.74) is 1.03. The van der Waals surface area contributed by atoms with Crippen LogP contribution in [0.5, 0.6) is 0 Å². The second-order valence-electron chi connectivity index (χ2n) is 4.03. The van der Waals surface area contributed by atoms with E-state index in [1.807, 2.05) is 24.3 Å². The summed E-state index contributed by atoms with van der Waals surface area (Å²) >= 11 is 11.9. The first-order chi connectivity index (χ1) is 10.4. The summed E-state index contributed by atoms with van der Waals surface area (Å²) in [6, 6.07) is 9.28. The molecule has 0 aliphatic heterocycles. The zero-order valence-corrected chi connectivity index (χ0v) is 12.8. The molecule has 0 spiro atoms. The summed E-state index contributed by atoms with van der Waals surface area (Å²) in [7, 11) is 0. The van der Waals surface area contributed by atoms with Crippen LogP contribution >= 0.6 is 23.2 Å². The molecular weight excluding hydrogens is 333 g/mol. The van der Waals surface area contributed by atoms with Gasteiger partial charge >= 0.3 is 11.9 Å². The molecule has 0 aliphatic rings. The molecule has 0 radical (unpaired) electrons. The van der Waals surface area contributed by atoms with Gasteiger partial charge in [-0.15, -0.1) is 0 Å². The number of hydrogen-bond donors (Lipinski definition) is 3. The second-order valence-corrected chi connectivity index (χ2v) is 4.87. The van der Waals surface area contributed by atoms with E-state index < -0.39 is 11.9 Å². The zero-order valence-electron chi connectivity index (χ0n) is 11.3. The molecule has 2 rings (SSSR count). The number of benzene rings is 1. The van der Waals surface area contributed by atoms with Gasteiger partial charge in [0, 0.05) is 16.6 Å². The van der Waals surface area contributed by atoms with Gasteiger partial charge in [-0.1, -0.05) is 29.3 Å². The van der Waals surface area contributed by atoms with E-state index in [1.165, 1.54) is 0 Å². The summed E-state index contributed by atoms with van der Waals surface area (Å²) in [6.45, 7) is 1.38. The van der Waals surface area contributed by atoms with Crippen molar-refractivity contribution in [3.8, 4) is 0 Å².